The number of anilines is 1. The van der Waals surface area contributed by atoms with Gasteiger partial charge in [0.2, 0.25) is 0 Å². The van der Waals surface area contributed by atoms with Gasteiger partial charge in [-0.1, -0.05) is 30.3 Å². The third kappa shape index (κ3) is 3.17. The minimum Gasteiger partial charge on any atom is -0.393 e. The molecule has 2 heterocycles. The van der Waals surface area contributed by atoms with Gasteiger partial charge in [-0.2, -0.15) is 0 Å². The first-order valence-corrected chi connectivity index (χ1v) is 7.43. The zero-order valence-electron chi connectivity index (χ0n) is 12.5. The number of halogens is 1. The van der Waals surface area contributed by atoms with Crippen LogP contribution in [0.15, 0.2) is 54.9 Å². The summed E-state index contributed by atoms with van der Waals surface area (Å²) in [4.78, 5) is 17.6. The van der Waals surface area contributed by atoms with E-state index in [-0.39, 0.29) is 13.1 Å². The minimum absolute atomic E-state index is 0.144. The van der Waals surface area contributed by atoms with E-state index in [0.717, 1.165) is 5.56 Å². The smallest absolute Gasteiger partial charge is 0.322 e. The molecule has 2 aromatic rings. The maximum atomic E-state index is 15.1. The Morgan fingerprint density at radius 1 is 1.35 bits per heavy atom. The molecule has 1 aromatic carbocycles. The molecule has 0 bridgehead atoms. The van der Waals surface area contributed by atoms with Crippen LogP contribution >= 0.6 is 0 Å². The van der Waals surface area contributed by atoms with Gasteiger partial charge in [-0.25, -0.2) is 9.18 Å². The first-order chi connectivity index (χ1) is 11.1. The number of urea groups is 1. The number of alkyl halides is 1. The Labute approximate surface area is 133 Å². The summed E-state index contributed by atoms with van der Waals surface area (Å²) in [6.45, 7) is -0.550. The van der Waals surface area contributed by atoms with Crippen molar-refractivity contribution in [3.63, 3.8) is 0 Å². The van der Waals surface area contributed by atoms with Gasteiger partial charge in [0.25, 0.3) is 0 Å². The normalized spacial score (nSPS) is 23.7. The second-order valence-electron chi connectivity index (χ2n) is 5.71. The van der Waals surface area contributed by atoms with Gasteiger partial charge in [-0.3, -0.25) is 4.98 Å². The predicted molar refractivity (Wildman–Crippen MR) is 84.9 cm³/mol. The highest BCUT2D eigenvalue weighted by atomic mass is 19.1. The van der Waals surface area contributed by atoms with Crippen LogP contribution in [0, 0.1) is 0 Å². The highest BCUT2D eigenvalue weighted by Gasteiger charge is 2.49. The van der Waals surface area contributed by atoms with Gasteiger partial charge < -0.3 is 15.3 Å². The molecular weight excluding hydrogens is 297 g/mol. The number of carbonyl (C=O) groups is 1. The zero-order valence-corrected chi connectivity index (χ0v) is 12.5. The lowest BCUT2D eigenvalue weighted by Gasteiger charge is -2.23. The molecule has 1 fully saturated rings. The lowest BCUT2D eigenvalue weighted by molar-refractivity contribution is 0.0680. The van der Waals surface area contributed by atoms with Crippen LogP contribution in [0.1, 0.15) is 11.5 Å². The lowest BCUT2D eigenvalue weighted by Crippen LogP contribution is -2.38. The maximum absolute atomic E-state index is 15.1. The number of nitrogens with zero attached hydrogens (tertiary/aromatic N) is 2. The highest BCUT2D eigenvalue weighted by molar-refractivity contribution is 5.89. The van der Waals surface area contributed by atoms with Crippen molar-refractivity contribution in [3.8, 4) is 0 Å². The van der Waals surface area contributed by atoms with Gasteiger partial charge in [0.1, 0.15) is 0 Å². The van der Waals surface area contributed by atoms with Crippen LogP contribution in [-0.2, 0) is 0 Å². The number of aliphatic hydroxyl groups excluding tert-OH is 1. The van der Waals surface area contributed by atoms with E-state index in [9.17, 15) is 9.90 Å². The SMILES string of the molecule is O=C(Nc1cccnc1)N1C[C@H](c2ccccc2)[C@@](F)(CO)C1. The van der Waals surface area contributed by atoms with Crippen LogP contribution in [0.3, 0.4) is 0 Å². The monoisotopic (exact) mass is 315 g/mol. The molecule has 1 aliphatic heterocycles. The molecule has 6 heteroatoms. The number of pyridine rings is 1. The fourth-order valence-corrected chi connectivity index (χ4v) is 2.92. The van der Waals surface area contributed by atoms with Crippen LogP contribution in [0.25, 0.3) is 0 Å². The number of hydrogen-bond donors (Lipinski definition) is 2. The van der Waals surface area contributed by atoms with Gasteiger partial charge in [0.15, 0.2) is 5.67 Å². The predicted octanol–water partition coefficient (Wildman–Crippen LogP) is 2.41. The van der Waals surface area contributed by atoms with Gasteiger partial charge in [0, 0.05) is 18.7 Å². The van der Waals surface area contributed by atoms with Crippen LogP contribution in [0.4, 0.5) is 14.9 Å². The number of nitrogens with one attached hydrogen (secondary N) is 1. The molecule has 1 saturated heterocycles. The number of rotatable bonds is 3. The van der Waals surface area contributed by atoms with Gasteiger partial charge >= 0.3 is 6.03 Å². The van der Waals surface area contributed by atoms with Gasteiger partial charge in [0.05, 0.1) is 25.0 Å². The largest absolute Gasteiger partial charge is 0.393 e. The molecule has 23 heavy (non-hydrogen) atoms. The molecule has 0 radical (unpaired) electrons. The maximum Gasteiger partial charge on any atom is 0.322 e. The third-order valence-electron chi connectivity index (χ3n) is 4.15. The Morgan fingerprint density at radius 3 is 2.78 bits per heavy atom. The zero-order chi connectivity index (χ0) is 16.3. The molecule has 1 aromatic heterocycles. The van der Waals surface area contributed by atoms with Crippen LogP contribution in [0.5, 0.6) is 0 Å². The van der Waals surface area contributed by atoms with E-state index < -0.39 is 24.2 Å². The van der Waals surface area contributed by atoms with Crippen molar-refractivity contribution in [1.82, 2.24) is 9.88 Å². The van der Waals surface area contributed by atoms with E-state index in [1.807, 2.05) is 30.3 Å². The van der Waals surface area contributed by atoms with E-state index >= 15 is 4.39 Å². The summed E-state index contributed by atoms with van der Waals surface area (Å²) in [5.74, 6) is -0.548. The highest BCUT2D eigenvalue weighted by Crippen LogP contribution is 2.39. The molecule has 0 saturated carbocycles. The first kappa shape index (κ1) is 15.4. The van der Waals surface area contributed by atoms with Crippen molar-refractivity contribution < 1.29 is 14.3 Å². The standard InChI is InChI=1S/C17H18FN3O2/c18-17(12-22)11-21(10-15(17)13-5-2-1-3-6-13)16(23)20-14-7-4-8-19-9-14/h1-9,15,22H,10-12H2,(H,20,23)/t15-,17+/m1/s1. The average Bonchev–Trinajstić information content (AvgIpc) is 2.95. The topological polar surface area (TPSA) is 65.5 Å². The number of benzene rings is 1. The van der Waals surface area contributed by atoms with E-state index in [2.05, 4.69) is 10.3 Å². The second kappa shape index (κ2) is 6.34. The van der Waals surface area contributed by atoms with E-state index in [0.29, 0.717) is 5.69 Å². The molecule has 120 valence electrons. The Kier molecular flexibility index (Phi) is 4.25. The summed E-state index contributed by atoms with van der Waals surface area (Å²) in [6, 6.07) is 12.2. The quantitative estimate of drug-likeness (QED) is 0.914. The summed E-state index contributed by atoms with van der Waals surface area (Å²) in [5.41, 5.74) is -0.511. The van der Waals surface area contributed by atoms with E-state index in [1.165, 1.54) is 11.1 Å². The Bertz CT molecular complexity index is 668. The Morgan fingerprint density at radius 2 is 2.13 bits per heavy atom. The summed E-state index contributed by atoms with van der Waals surface area (Å²) < 4.78 is 15.1. The molecule has 2 N–H and O–H groups in total. The molecule has 3 rings (SSSR count). The Balaban J connectivity index is 1.77. The number of aromatic nitrogens is 1. The van der Waals surface area contributed by atoms with Crippen molar-refractivity contribution in [1.29, 1.82) is 0 Å². The molecule has 5 nitrogen and oxygen atoms in total. The summed E-state index contributed by atoms with van der Waals surface area (Å²) >= 11 is 0. The Hall–Kier alpha value is -2.47. The van der Waals surface area contributed by atoms with Gasteiger partial charge in [-0.15, -0.1) is 0 Å². The van der Waals surface area contributed by atoms with Crippen LogP contribution < -0.4 is 5.32 Å². The number of carbonyl (C=O) groups excluding carboxylic acids is 1. The molecule has 0 aliphatic carbocycles. The number of aliphatic hydroxyl groups is 1. The average molecular weight is 315 g/mol. The van der Waals surface area contributed by atoms with Gasteiger partial charge in [-0.05, 0) is 17.7 Å². The number of hydrogen-bond acceptors (Lipinski definition) is 3. The van der Waals surface area contributed by atoms with E-state index in [1.54, 1.807) is 18.3 Å². The summed E-state index contributed by atoms with van der Waals surface area (Å²) in [7, 11) is 0. The van der Waals surface area contributed by atoms with Crippen molar-refractivity contribution in [2.45, 2.75) is 11.6 Å². The van der Waals surface area contributed by atoms with Crippen molar-refractivity contribution >= 4 is 11.7 Å². The van der Waals surface area contributed by atoms with Crippen molar-refractivity contribution in [2.75, 3.05) is 25.0 Å². The minimum atomic E-state index is -1.84. The fraction of sp³-hybridized carbons (Fsp3) is 0.294. The number of likely N-dealkylation sites (tertiary alicyclic amines) is 1. The molecule has 1 aliphatic rings. The third-order valence-corrected chi connectivity index (χ3v) is 4.15. The molecular formula is C17H18FN3O2. The van der Waals surface area contributed by atoms with Crippen LogP contribution in [0.2, 0.25) is 0 Å². The van der Waals surface area contributed by atoms with Crippen molar-refractivity contribution in [3.05, 3.63) is 60.4 Å². The molecule has 0 spiro atoms. The molecule has 2 amide bonds. The lowest BCUT2D eigenvalue weighted by atomic mass is 9.87. The summed E-state index contributed by atoms with van der Waals surface area (Å²) in [6.07, 6.45) is 3.13. The summed E-state index contributed by atoms with van der Waals surface area (Å²) in [5, 5.41) is 12.2. The fourth-order valence-electron chi connectivity index (χ4n) is 2.92. The second-order valence-corrected chi connectivity index (χ2v) is 5.71. The van der Waals surface area contributed by atoms with Crippen LogP contribution in [-0.4, -0.2) is 46.4 Å². The molecule has 0 unspecified atom stereocenters. The number of amides is 2. The first-order valence-electron chi connectivity index (χ1n) is 7.43. The van der Waals surface area contributed by atoms with Crippen molar-refractivity contribution in [2.24, 2.45) is 0 Å². The molecule has 2 atom stereocenters. The van der Waals surface area contributed by atoms with E-state index in [4.69, 9.17) is 0 Å².